The third-order valence-electron chi connectivity index (χ3n) is 3.81. The molecule has 0 atom stereocenters. The predicted molar refractivity (Wildman–Crippen MR) is 102 cm³/mol. The van der Waals surface area contributed by atoms with Crippen LogP contribution in [0.5, 0.6) is 5.75 Å². The minimum Gasteiger partial charge on any atom is -0.494 e. The lowest BCUT2D eigenvalue weighted by Crippen LogP contribution is -2.08. The van der Waals surface area contributed by atoms with Gasteiger partial charge in [-0.3, -0.25) is 4.79 Å². The van der Waals surface area contributed by atoms with E-state index >= 15 is 0 Å². The van der Waals surface area contributed by atoms with Gasteiger partial charge in [-0.1, -0.05) is 30.3 Å². The Morgan fingerprint density at radius 1 is 1.12 bits per heavy atom. The Hall–Kier alpha value is -2.34. The number of carbonyl (C=O) groups is 1. The van der Waals surface area contributed by atoms with E-state index in [0.29, 0.717) is 18.8 Å². The highest BCUT2D eigenvalue weighted by molar-refractivity contribution is 7.90. The molecule has 0 N–H and O–H groups in total. The van der Waals surface area contributed by atoms with Crippen LogP contribution in [0.4, 0.5) is 0 Å². The molecule has 26 heavy (non-hydrogen) atoms. The average molecular weight is 376 g/mol. The molecule has 0 aromatic heterocycles. The molecule has 6 heteroatoms. The first kappa shape index (κ1) is 20.0. The van der Waals surface area contributed by atoms with Crippen LogP contribution in [0.25, 0.3) is 11.1 Å². The smallest absolute Gasteiger partial charge is 0.302 e. The summed E-state index contributed by atoms with van der Waals surface area (Å²) in [6.07, 6.45) is 1.64. The summed E-state index contributed by atoms with van der Waals surface area (Å²) in [4.78, 5) is 11.2. The van der Waals surface area contributed by atoms with Crippen LogP contribution in [-0.2, 0) is 26.0 Å². The summed E-state index contributed by atoms with van der Waals surface area (Å²) in [5.74, 6) is 0.382. The van der Waals surface area contributed by atoms with Crippen LogP contribution in [-0.4, -0.2) is 33.0 Å². The van der Waals surface area contributed by atoms with Crippen molar-refractivity contribution in [2.45, 2.75) is 26.9 Å². The molecule has 5 nitrogen and oxygen atoms in total. The van der Waals surface area contributed by atoms with E-state index < -0.39 is 9.84 Å². The van der Waals surface area contributed by atoms with Crippen LogP contribution >= 0.6 is 0 Å². The zero-order valence-electron chi connectivity index (χ0n) is 15.3. The van der Waals surface area contributed by atoms with Crippen molar-refractivity contribution >= 4 is 15.8 Å². The molecule has 2 aromatic rings. The SMILES string of the molecule is CC(=O)OCc1cc(OCCCS(C)(=O)=O)cc(C)c1-c1ccccc1. The lowest BCUT2D eigenvalue weighted by Gasteiger charge is -2.16. The number of hydrogen-bond donors (Lipinski definition) is 0. The average Bonchev–Trinajstić information content (AvgIpc) is 2.56. The molecular formula is C20H24O5S. The molecule has 2 rings (SSSR count). The van der Waals surface area contributed by atoms with Crippen molar-refractivity contribution in [3.63, 3.8) is 0 Å². The van der Waals surface area contributed by atoms with Crippen LogP contribution < -0.4 is 4.74 Å². The molecule has 0 aliphatic rings. The van der Waals surface area contributed by atoms with Gasteiger partial charge >= 0.3 is 5.97 Å². The molecule has 140 valence electrons. The van der Waals surface area contributed by atoms with E-state index in [1.54, 1.807) is 0 Å². The van der Waals surface area contributed by atoms with Gasteiger partial charge in [0.05, 0.1) is 12.4 Å². The Labute approximate surface area is 154 Å². The minimum atomic E-state index is -2.99. The molecule has 0 spiro atoms. The maximum atomic E-state index is 11.2. The lowest BCUT2D eigenvalue weighted by atomic mass is 9.95. The second-order valence-electron chi connectivity index (χ2n) is 6.25. The molecular weight excluding hydrogens is 352 g/mol. The van der Waals surface area contributed by atoms with Gasteiger partial charge in [-0.2, -0.15) is 0 Å². The molecule has 0 radical (unpaired) electrons. The molecule has 0 saturated heterocycles. The van der Waals surface area contributed by atoms with Crippen molar-refractivity contribution in [2.24, 2.45) is 0 Å². The highest BCUT2D eigenvalue weighted by Gasteiger charge is 2.13. The van der Waals surface area contributed by atoms with Gasteiger partial charge in [0.15, 0.2) is 0 Å². The number of hydrogen-bond acceptors (Lipinski definition) is 5. The first-order valence-electron chi connectivity index (χ1n) is 8.39. The van der Waals surface area contributed by atoms with Crippen LogP contribution in [0.15, 0.2) is 42.5 Å². The lowest BCUT2D eigenvalue weighted by molar-refractivity contribution is -0.142. The van der Waals surface area contributed by atoms with Crippen LogP contribution in [0, 0.1) is 6.92 Å². The Morgan fingerprint density at radius 3 is 2.42 bits per heavy atom. The number of benzene rings is 2. The van der Waals surface area contributed by atoms with Gasteiger partial charge < -0.3 is 9.47 Å². The maximum absolute atomic E-state index is 11.2. The fourth-order valence-corrected chi connectivity index (χ4v) is 3.37. The van der Waals surface area contributed by atoms with Gasteiger partial charge in [0.2, 0.25) is 0 Å². The van der Waals surface area contributed by atoms with Crippen molar-refractivity contribution in [2.75, 3.05) is 18.6 Å². The van der Waals surface area contributed by atoms with Gasteiger partial charge in [0.25, 0.3) is 0 Å². The zero-order valence-corrected chi connectivity index (χ0v) is 16.1. The summed E-state index contributed by atoms with van der Waals surface area (Å²) in [6.45, 7) is 3.81. The van der Waals surface area contributed by atoms with Crippen molar-refractivity contribution in [1.29, 1.82) is 0 Å². The van der Waals surface area contributed by atoms with Crippen molar-refractivity contribution in [1.82, 2.24) is 0 Å². The highest BCUT2D eigenvalue weighted by atomic mass is 32.2. The van der Waals surface area contributed by atoms with Gasteiger partial charge in [0.1, 0.15) is 22.2 Å². The zero-order chi connectivity index (χ0) is 19.2. The highest BCUT2D eigenvalue weighted by Crippen LogP contribution is 2.32. The van der Waals surface area contributed by atoms with Gasteiger partial charge in [-0.25, -0.2) is 8.42 Å². The Bertz CT molecular complexity index is 857. The van der Waals surface area contributed by atoms with Crippen molar-refractivity contribution in [3.05, 3.63) is 53.6 Å². The van der Waals surface area contributed by atoms with E-state index in [1.807, 2.05) is 49.4 Å². The second kappa shape index (κ2) is 8.85. The fraction of sp³-hybridized carbons (Fsp3) is 0.350. The van der Waals surface area contributed by atoms with Gasteiger partial charge in [0, 0.05) is 18.7 Å². The molecule has 0 bridgehead atoms. The first-order valence-corrected chi connectivity index (χ1v) is 10.4. The number of carbonyl (C=O) groups excluding carboxylic acids is 1. The number of esters is 1. The van der Waals surface area contributed by atoms with Crippen LogP contribution in [0.1, 0.15) is 24.5 Å². The quantitative estimate of drug-likeness (QED) is 0.521. The first-order chi connectivity index (χ1) is 12.3. The standard InChI is InChI=1S/C20H24O5S/c1-15-12-19(24-10-7-11-26(3,22)23)13-18(14-25-16(2)21)20(15)17-8-5-4-6-9-17/h4-6,8-9,12-13H,7,10-11,14H2,1-3H3. The summed E-state index contributed by atoms with van der Waals surface area (Å²) in [7, 11) is -2.99. The third kappa shape index (κ3) is 6.19. The minimum absolute atomic E-state index is 0.0917. The van der Waals surface area contributed by atoms with Gasteiger partial charge in [-0.05, 0) is 42.2 Å². The Morgan fingerprint density at radius 2 is 1.81 bits per heavy atom. The number of aryl methyl sites for hydroxylation is 1. The van der Waals surface area contributed by atoms with Crippen LogP contribution in [0.2, 0.25) is 0 Å². The fourth-order valence-electron chi connectivity index (χ4n) is 2.73. The van der Waals surface area contributed by atoms with Crippen molar-refractivity contribution in [3.8, 4) is 16.9 Å². The molecule has 0 saturated carbocycles. The summed E-state index contributed by atoms with van der Waals surface area (Å²) < 4.78 is 33.3. The van der Waals surface area contributed by atoms with Crippen LogP contribution in [0.3, 0.4) is 0 Å². The Balaban J connectivity index is 2.25. The molecule has 0 fully saturated rings. The molecule has 0 unspecified atom stereocenters. The molecule has 0 heterocycles. The van der Waals surface area contributed by atoms with E-state index in [2.05, 4.69) is 0 Å². The monoisotopic (exact) mass is 376 g/mol. The van der Waals surface area contributed by atoms with Gasteiger partial charge in [-0.15, -0.1) is 0 Å². The summed E-state index contributed by atoms with van der Waals surface area (Å²) in [6, 6.07) is 13.6. The number of rotatable bonds is 8. The number of sulfone groups is 1. The topological polar surface area (TPSA) is 69.7 Å². The normalized spacial score (nSPS) is 11.2. The van der Waals surface area contributed by atoms with E-state index in [-0.39, 0.29) is 18.3 Å². The third-order valence-corrected chi connectivity index (χ3v) is 4.84. The molecule has 0 aliphatic carbocycles. The molecule has 2 aromatic carbocycles. The molecule has 0 amide bonds. The predicted octanol–water partition coefficient (Wildman–Crippen LogP) is 3.54. The maximum Gasteiger partial charge on any atom is 0.302 e. The molecule has 0 aliphatic heterocycles. The van der Waals surface area contributed by atoms with E-state index in [4.69, 9.17) is 9.47 Å². The summed E-state index contributed by atoms with van der Waals surface area (Å²) in [5, 5.41) is 0. The van der Waals surface area contributed by atoms with E-state index in [9.17, 15) is 13.2 Å². The van der Waals surface area contributed by atoms with Crippen molar-refractivity contribution < 1.29 is 22.7 Å². The number of ether oxygens (including phenoxy) is 2. The summed E-state index contributed by atoms with van der Waals surface area (Å²) in [5.41, 5.74) is 3.90. The van der Waals surface area contributed by atoms with E-state index in [1.165, 1.54) is 13.2 Å². The summed E-state index contributed by atoms with van der Waals surface area (Å²) >= 11 is 0. The van der Waals surface area contributed by atoms with E-state index in [0.717, 1.165) is 22.3 Å². The Kier molecular flexibility index (Phi) is 6.80. The second-order valence-corrected chi connectivity index (χ2v) is 8.51. The largest absolute Gasteiger partial charge is 0.494 e.